The number of anilines is 1. The van der Waals surface area contributed by atoms with Gasteiger partial charge in [-0.05, 0) is 69.2 Å². The van der Waals surface area contributed by atoms with E-state index in [9.17, 15) is 13.2 Å². The van der Waals surface area contributed by atoms with Gasteiger partial charge in [-0.15, -0.1) is 5.10 Å². The molecule has 0 atom stereocenters. The minimum atomic E-state index is -3.39. The molecule has 8 nitrogen and oxygen atoms in total. The van der Waals surface area contributed by atoms with E-state index in [1.807, 2.05) is 24.3 Å². The first kappa shape index (κ1) is 22.7. The van der Waals surface area contributed by atoms with Crippen LogP contribution in [0.5, 0.6) is 0 Å². The molecule has 0 aliphatic rings. The third-order valence-electron chi connectivity index (χ3n) is 5.44. The number of nitrogens with zero attached hydrogens (tertiary/aromatic N) is 4. The van der Waals surface area contributed by atoms with Gasteiger partial charge >= 0.3 is 0 Å². The van der Waals surface area contributed by atoms with Crippen molar-refractivity contribution in [1.29, 1.82) is 0 Å². The van der Waals surface area contributed by atoms with Crippen LogP contribution in [0.3, 0.4) is 0 Å². The number of halogens is 1. The van der Waals surface area contributed by atoms with Crippen LogP contribution in [0.4, 0.5) is 5.69 Å². The van der Waals surface area contributed by atoms with Gasteiger partial charge in [0.2, 0.25) is 5.82 Å². The Kier molecular flexibility index (Phi) is 5.80. The molecule has 5 aromatic rings. The quantitative estimate of drug-likeness (QED) is 0.369. The number of rotatable bonds is 5. The largest absolute Gasteiger partial charge is 0.319 e. The maximum atomic E-state index is 12.9. The zero-order chi connectivity index (χ0) is 24.6. The Bertz CT molecular complexity index is 1680. The van der Waals surface area contributed by atoms with Crippen molar-refractivity contribution in [3.8, 4) is 16.8 Å². The minimum absolute atomic E-state index is 0.0183. The van der Waals surface area contributed by atoms with Gasteiger partial charge in [-0.1, -0.05) is 54.1 Å². The number of benzene rings is 4. The van der Waals surface area contributed by atoms with Crippen molar-refractivity contribution in [2.45, 2.75) is 4.90 Å². The van der Waals surface area contributed by atoms with E-state index in [4.69, 9.17) is 11.6 Å². The van der Waals surface area contributed by atoms with Gasteiger partial charge in [-0.25, -0.2) is 8.42 Å². The summed E-state index contributed by atoms with van der Waals surface area (Å²) in [5.74, 6) is -0.472. The average Bonchev–Trinajstić information content (AvgIpc) is 3.34. The molecule has 0 saturated carbocycles. The van der Waals surface area contributed by atoms with Gasteiger partial charge < -0.3 is 5.32 Å². The summed E-state index contributed by atoms with van der Waals surface area (Å²) in [5.41, 5.74) is 2.44. The van der Waals surface area contributed by atoms with E-state index in [1.165, 1.54) is 10.9 Å². The Labute approximate surface area is 206 Å². The van der Waals surface area contributed by atoms with Crippen molar-refractivity contribution in [2.24, 2.45) is 0 Å². The summed E-state index contributed by atoms with van der Waals surface area (Å²) < 4.78 is 25.6. The summed E-state index contributed by atoms with van der Waals surface area (Å²) in [5, 5.41) is 16.8. The van der Waals surface area contributed by atoms with Crippen LogP contribution < -0.4 is 5.32 Å². The normalized spacial score (nSPS) is 11.5. The van der Waals surface area contributed by atoms with Gasteiger partial charge in [0.25, 0.3) is 5.91 Å². The molecule has 1 amide bonds. The molecule has 0 unspecified atom stereocenters. The van der Waals surface area contributed by atoms with Gasteiger partial charge in [-0.3, -0.25) is 4.79 Å². The fourth-order valence-corrected chi connectivity index (χ4v) is 4.88. The molecule has 0 radical (unpaired) electrons. The topological polar surface area (TPSA) is 107 Å². The summed E-state index contributed by atoms with van der Waals surface area (Å²) in [6, 6.07) is 24.7. The van der Waals surface area contributed by atoms with E-state index in [0.29, 0.717) is 27.5 Å². The molecule has 0 saturated heterocycles. The standard InChI is InChI=1S/C25H18ClN5O3S/c1-35(33,34)23-5-3-2-4-22(23)16-7-11-20(12-8-16)27-25(32)24-28-29-30-31(24)21-13-9-17-14-19(26)10-6-18(17)15-21/h2-15H,1H3,(H,27,32). The highest BCUT2D eigenvalue weighted by atomic mass is 35.5. The maximum Gasteiger partial charge on any atom is 0.295 e. The zero-order valence-corrected chi connectivity index (χ0v) is 20.0. The molecule has 10 heteroatoms. The average molecular weight is 504 g/mol. The molecule has 1 heterocycles. The first-order valence-electron chi connectivity index (χ1n) is 10.5. The fourth-order valence-electron chi connectivity index (χ4n) is 3.79. The molecule has 4 aromatic carbocycles. The molecule has 1 aromatic heterocycles. The van der Waals surface area contributed by atoms with Gasteiger partial charge in [0.1, 0.15) is 0 Å². The van der Waals surface area contributed by atoms with Crippen LogP contribution in [-0.2, 0) is 9.84 Å². The number of carbonyl (C=O) groups is 1. The van der Waals surface area contributed by atoms with Crippen molar-refractivity contribution in [3.05, 3.63) is 95.8 Å². The van der Waals surface area contributed by atoms with Gasteiger partial charge in [-0.2, -0.15) is 4.68 Å². The molecule has 1 N–H and O–H groups in total. The Morgan fingerprint density at radius 1 is 0.914 bits per heavy atom. The molecule has 0 bridgehead atoms. The van der Waals surface area contributed by atoms with Crippen LogP contribution in [0, 0.1) is 0 Å². The molecule has 35 heavy (non-hydrogen) atoms. The van der Waals surface area contributed by atoms with Crippen LogP contribution in [0.1, 0.15) is 10.6 Å². The van der Waals surface area contributed by atoms with E-state index in [1.54, 1.807) is 60.7 Å². The summed E-state index contributed by atoms with van der Waals surface area (Å²) >= 11 is 6.06. The predicted molar refractivity (Wildman–Crippen MR) is 135 cm³/mol. The molecule has 5 rings (SSSR count). The second-order valence-corrected chi connectivity index (χ2v) is 10.3. The predicted octanol–water partition coefficient (Wildman–Crippen LogP) is 4.79. The van der Waals surface area contributed by atoms with Crippen molar-refractivity contribution in [2.75, 3.05) is 11.6 Å². The number of hydrogen-bond donors (Lipinski definition) is 1. The van der Waals surface area contributed by atoms with E-state index in [0.717, 1.165) is 10.8 Å². The van der Waals surface area contributed by atoms with Gasteiger partial charge in [0.05, 0.1) is 10.6 Å². The van der Waals surface area contributed by atoms with Crippen LogP contribution in [0.15, 0.2) is 89.8 Å². The second-order valence-electron chi connectivity index (χ2n) is 7.89. The molecule has 0 fully saturated rings. The number of nitrogens with one attached hydrogen (secondary N) is 1. The number of hydrogen-bond acceptors (Lipinski definition) is 6. The number of amides is 1. The number of fused-ring (bicyclic) bond motifs is 1. The van der Waals surface area contributed by atoms with Gasteiger partial charge in [0.15, 0.2) is 9.84 Å². The Hall–Kier alpha value is -4.08. The van der Waals surface area contributed by atoms with Crippen molar-refractivity contribution < 1.29 is 13.2 Å². The van der Waals surface area contributed by atoms with E-state index in [2.05, 4.69) is 20.8 Å². The summed E-state index contributed by atoms with van der Waals surface area (Å²) in [6.45, 7) is 0. The number of tetrazole rings is 1. The molecular formula is C25H18ClN5O3S. The minimum Gasteiger partial charge on any atom is -0.319 e. The van der Waals surface area contributed by atoms with Crippen LogP contribution >= 0.6 is 11.6 Å². The molecule has 174 valence electrons. The lowest BCUT2D eigenvalue weighted by atomic mass is 10.1. The summed E-state index contributed by atoms with van der Waals surface area (Å²) in [7, 11) is -3.39. The first-order valence-corrected chi connectivity index (χ1v) is 12.8. The third kappa shape index (κ3) is 4.64. The highest BCUT2D eigenvalue weighted by Gasteiger charge is 2.18. The van der Waals surface area contributed by atoms with Crippen LogP contribution in [0.25, 0.3) is 27.6 Å². The van der Waals surface area contributed by atoms with Crippen molar-refractivity contribution >= 4 is 43.8 Å². The number of aromatic nitrogens is 4. The number of carbonyl (C=O) groups excluding carboxylic acids is 1. The number of sulfone groups is 1. The Morgan fingerprint density at radius 3 is 2.40 bits per heavy atom. The maximum absolute atomic E-state index is 12.9. The van der Waals surface area contributed by atoms with E-state index in [-0.39, 0.29) is 10.7 Å². The van der Waals surface area contributed by atoms with E-state index < -0.39 is 15.7 Å². The molecule has 0 aliphatic carbocycles. The Morgan fingerprint density at radius 2 is 1.63 bits per heavy atom. The lowest BCUT2D eigenvalue weighted by molar-refractivity contribution is 0.101. The Balaban J connectivity index is 1.40. The fraction of sp³-hybridized carbons (Fsp3) is 0.0400. The molecule has 0 spiro atoms. The summed E-state index contributed by atoms with van der Waals surface area (Å²) in [6.07, 6.45) is 1.18. The smallest absolute Gasteiger partial charge is 0.295 e. The SMILES string of the molecule is CS(=O)(=O)c1ccccc1-c1ccc(NC(=O)c2nnnn2-c2ccc3cc(Cl)ccc3c2)cc1. The third-order valence-corrected chi connectivity index (χ3v) is 6.83. The second kappa shape index (κ2) is 8.94. The molecular weight excluding hydrogens is 486 g/mol. The van der Waals surface area contributed by atoms with Crippen molar-refractivity contribution in [1.82, 2.24) is 20.2 Å². The zero-order valence-electron chi connectivity index (χ0n) is 18.4. The monoisotopic (exact) mass is 503 g/mol. The molecule has 0 aliphatic heterocycles. The van der Waals surface area contributed by atoms with Crippen LogP contribution in [-0.4, -0.2) is 40.8 Å². The van der Waals surface area contributed by atoms with E-state index >= 15 is 0 Å². The summed E-state index contributed by atoms with van der Waals surface area (Å²) in [4.78, 5) is 13.2. The van der Waals surface area contributed by atoms with Crippen LogP contribution in [0.2, 0.25) is 5.02 Å². The highest BCUT2D eigenvalue weighted by Crippen LogP contribution is 2.28. The van der Waals surface area contributed by atoms with Crippen molar-refractivity contribution in [3.63, 3.8) is 0 Å². The first-order chi connectivity index (χ1) is 16.8. The highest BCUT2D eigenvalue weighted by molar-refractivity contribution is 7.90. The van der Waals surface area contributed by atoms with Gasteiger partial charge in [0, 0.05) is 22.5 Å². The lowest BCUT2D eigenvalue weighted by Crippen LogP contribution is -2.18. The lowest BCUT2D eigenvalue weighted by Gasteiger charge is -2.10.